The zero-order valence-corrected chi connectivity index (χ0v) is 11.5. The Kier molecular flexibility index (Phi) is 2.89. The van der Waals surface area contributed by atoms with Crippen molar-refractivity contribution in [2.24, 2.45) is 5.41 Å². The Morgan fingerprint density at radius 2 is 1.95 bits per heavy atom. The van der Waals surface area contributed by atoms with Crippen molar-refractivity contribution >= 4 is 11.8 Å². The third-order valence-electron chi connectivity index (χ3n) is 3.65. The third kappa shape index (κ3) is 2.22. The van der Waals surface area contributed by atoms with Crippen LogP contribution in [0.3, 0.4) is 0 Å². The highest BCUT2D eigenvalue weighted by Gasteiger charge is 2.42. The van der Waals surface area contributed by atoms with Crippen LogP contribution in [-0.2, 0) is 4.74 Å². The van der Waals surface area contributed by atoms with Crippen molar-refractivity contribution in [3.05, 3.63) is 27.8 Å². The molecule has 3 rings (SSSR count). The molecule has 0 bridgehead atoms. The summed E-state index contributed by atoms with van der Waals surface area (Å²) in [4.78, 5) is 22.3. The molecule has 1 aromatic carbocycles. The fourth-order valence-electron chi connectivity index (χ4n) is 2.52. The summed E-state index contributed by atoms with van der Waals surface area (Å²) >= 11 is 0. The van der Waals surface area contributed by atoms with Gasteiger partial charge in [-0.25, -0.2) is 4.79 Å². The minimum Gasteiger partial charge on any atom is -0.454 e. The second-order valence-corrected chi connectivity index (χ2v) is 5.66. The molecule has 2 aliphatic heterocycles. The lowest BCUT2D eigenvalue weighted by Crippen LogP contribution is -2.47. The number of rotatable bonds is 2. The number of hydrogen-bond acceptors (Lipinski definition) is 6. The van der Waals surface area contributed by atoms with Gasteiger partial charge in [0, 0.05) is 5.41 Å². The number of cyclic esters (lactones) is 1. The molecule has 0 unspecified atom stereocenters. The summed E-state index contributed by atoms with van der Waals surface area (Å²) in [5.41, 5.74) is -0.225. The molecular weight excluding hydrogens is 280 g/mol. The number of hydrogen-bond donors (Lipinski definition) is 1. The van der Waals surface area contributed by atoms with Gasteiger partial charge in [-0.3, -0.25) is 10.1 Å². The molecule has 1 atom stereocenters. The Hall–Kier alpha value is -2.51. The summed E-state index contributed by atoms with van der Waals surface area (Å²) < 4.78 is 15.4. The van der Waals surface area contributed by atoms with Crippen LogP contribution < -0.4 is 14.8 Å². The van der Waals surface area contributed by atoms with Gasteiger partial charge in [-0.1, -0.05) is 13.8 Å². The maximum atomic E-state index is 11.5. The maximum absolute atomic E-state index is 11.5. The number of nitrogens with zero attached hydrogens (tertiary/aromatic N) is 1. The van der Waals surface area contributed by atoms with Crippen LogP contribution in [0.4, 0.5) is 10.5 Å². The summed E-state index contributed by atoms with van der Waals surface area (Å²) in [5, 5.41) is 14.0. The van der Waals surface area contributed by atoms with E-state index in [2.05, 4.69) is 5.32 Å². The van der Waals surface area contributed by atoms with E-state index in [0.29, 0.717) is 17.1 Å². The van der Waals surface area contributed by atoms with E-state index in [1.54, 1.807) is 6.07 Å². The molecule has 21 heavy (non-hydrogen) atoms. The quantitative estimate of drug-likeness (QED) is 0.662. The summed E-state index contributed by atoms with van der Waals surface area (Å²) in [7, 11) is 0. The van der Waals surface area contributed by atoms with Gasteiger partial charge in [-0.15, -0.1) is 0 Å². The zero-order valence-electron chi connectivity index (χ0n) is 11.5. The van der Waals surface area contributed by atoms with Crippen LogP contribution in [0.2, 0.25) is 0 Å². The molecule has 112 valence electrons. The van der Waals surface area contributed by atoms with Gasteiger partial charge in [-0.05, 0) is 6.07 Å². The van der Waals surface area contributed by atoms with Gasteiger partial charge < -0.3 is 19.5 Å². The van der Waals surface area contributed by atoms with Crippen molar-refractivity contribution in [1.29, 1.82) is 0 Å². The number of nitrogens with one attached hydrogen (secondary N) is 1. The molecule has 1 aromatic rings. The number of amides is 1. The van der Waals surface area contributed by atoms with E-state index in [0.717, 1.165) is 0 Å². The van der Waals surface area contributed by atoms with Crippen LogP contribution in [0.15, 0.2) is 12.1 Å². The first-order valence-electron chi connectivity index (χ1n) is 6.40. The zero-order chi connectivity index (χ0) is 15.2. The van der Waals surface area contributed by atoms with E-state index < -0.39 is 22.5 Å². The Morgan fingerprint density at radius 3 is 2.62 bits per heavy atom. The highest BCUT2D eigenvalue weighted by atomic mass is 16.7. The summed E-state index contributed by atoms with van der Waals surface area (Å²) in [6.45, 7) is 3.94. The van der Waals surface area contributed by atoms with Crippen LogP contribution >= 0.6 is 0 Å². The van der Waals surface area contributed by atoms with Crippen LogP contribution in [0, 0.1) is 15.5 Å². The Labute approximate surface area is 120 Å². The van der Waals surface area contributed by atoms with Gasteiger partial charge >= 0.3 is 6.09 Å². The van der Waals surface area contributed by atoms with E-state index in [9.17, 15) is 14.9 Å². The van der Waals surface area contributed by atoms with E-state index in [1.807, 2.05) is 13.8 Å². The van der Waals surface area contributed by atoms with Gasteiger partial charge in [0.25, 0.3) is 5.69 Å². The molecule has 1 N–H and O–H groups in total. The van der Waals surface area contributed by atoms with Crippen molar-refractivity contribution in [2.75, 3.05) is 13.4 Å². The molecule has 1 amide bonds. The fourth-order valence-corrected chi connectivity index (χ4v) is 2.52. The van der Waals surface area contributed by atoms with Gasteiger partial charge in [0.15, 0.2) is 11.5 Å². The molecule has 0 spiro atoms. The predicted octanol–water partition coefficient (Wildman–Crippen LogP) is 2.13. The van der Waals surface area contributed by atoms with Gasteiger partial charge in [0.05, 0.1) is 22.6 Å². The van der Waals surface area contributed by atoms with E-state index >= 15 is 0 Å². The average Bonchev–Trinajstić information content (AvgIpc) is 2.87. The average molecular weight is 294 g/mol. The molecule has 2 aliphatic rings. The second kappa shape index (κ2) is 4.51. The highest BCUT2D eigenvalue weighted by Crippen LogP contribution is 2.45. The lowest BCUT2D eigenvalue weighted by atomic mass is 9.79. The molecular formula is C13H14N2O6. The number of alkyl carbamates (subject to hydrolysis) is 1. The highest BCUT2D eigenvalue weighted by molar-refractivity contribution is 5.70. The van der Waals surface area contributed by atoms with Crippen LogP contribution in [-0.4, -0.2) is 24.4 Å². The van der Waals surface area contributed by atoms with Crippen molar-refractivity contribution in [2.45, 2.75) is 19.9 Å². The molecule has 8 nitrogen and oxygen atoms in total. The van der Waals surface area contributed by atoms with Crippen molar-refractivity contribution in [1.82, 2.24) is 5.32 Å². The number of nitro groups is 1. The number of carbonyl (C=O) groups is 1. The molecule has 0 saturated carbocycles. The lowest BCUT2D eigenvalue weighted by molar-refractivity contribution is -0.386. The smallest absolute Gasteiger partial charge is 0.407 e. The second-order valence-electron chi connectivity index (χ2n) is 5.66. The predicted molar refractivity (Wildman–Crippen MR) is 70.2 cm³/mol. The van der Waals surface area contributed by atoms with Crippen LogP contribution in [0.25, 0.3) is 0 Å². The van der Waals surface area contributed by atoms with Crippen molar-refractivity contribution in [3.63, 3.8) is 0 Å². The standard InChI is InChI=1S/C13H14N2O6/c1-13(2)5-19-12(16)14-11(13)7-3-9-10(21-6-20-9)4-8(7)15(17)18/h3-4,11H,5-6H2,1-2H3,(H,14,16)/t11-/m1/s1. The molecule has 8 heteroatoms. The molecule has 1 saturated heterocycles. The number of fused-ring (bicyclic) bond motifs is 1. The normalized spacial score (nSPS) is 22.4. The minimum absolute atomic E-state index is 0.0273. The number of ether oxygens (including phenoxy) is 3. The van der Waals surface area contributed by atoms with Crippen molar-refractivity contribution in [3.8, 4) is 11.5 Å². The molecule has 0 radical (unpaired) electrons. The monoisotopic (exact) mass is 294 g/mol. The van der Waals surface area contributed by atoms with Crippen molar-refractivity contribution < 1.29 is 23.9 Å². The topological polar surface area (TPSA) is 99.9 Å². The third-order valence-corrected chi connectivity index (χ3v) is 3.65. The maximum Gasteiger partial charge on any atom is 0.407 e. The number of carbonyl (C=O) groups excluding carboxylic acids is 1. The molecule has 0 aromatic heterocycles. The summed E-state index contributed by atoms with van der Waals surface area (Å²) in [5.74, 6) is 0.772. The first-order chi connectivity index (χ1) is 9.88. The molecule has 0 aliphatic carbocycles. The molecule has 1 fully saturated rings. The fraction of sp³-hybridized carbons (Fsp3) is 0.462. The summed E-state index contributed by atoms with van der Waals surface area (Å²) in [6, 6.07) is 2.34. The first kappa shape index (κ1) is 13.5. The van der Waals surface area contributed by atoms with Crippen LogP contribution in [0.5, 0.6) is 11.5 Å². The first-order valence-corrected chi connectivity index (χ1v) is 6.40. The Bertz CT molecular complexity index is 627. The minimum atomic E-state index is -0.591. The lowest BCUT2D eigenvalue weighted by Gasteiger charge is -2.38. The number of nitro benzene ring substituents is 1. The van der Waals surface area contributed by atoms with E-state index in [1.165, 1.54) is 6.07 Å². The Balaban J connectivity index is 2.11. The number of benzene rings is 1. The molecule has 2 heterocycles. The van der Waals surface area contributed by atoms with E-state index in [4.69, 9.17) is 14.2 Å². The SMILES string of the molecule is CC1(C)COC(=O)N[C@@H]1c1cc2c(cc1[N+](=O)[O-])OCO2. The van der Waals surface area contributed by atoms with Gasteiger partial charge in [-0.2, -0.15) is 0 Å². The Morgan fingerprint density at radius 1 is 1.29 bits per heavy atom. The van der Waals surface area contributed by atoms with Gasteiger partial charge in [0.1, 0.15) is 6.61 Å². The largest absolute Gasteiger partial charge is 0.454 e. The van der Waals surface area contributed by atoms with E-state index in [-0.39, 0.29) is 19.1 Å². The van der Waals surface area contributed by atoms with Crippen LogP contribution in [0.1, 0.15) is 25.5 Å². The summed E-state index contributed by atoms with van der Waals surface area (Å²) in [6.07, 6.45) is -0.591. The van der Waals surface area contributed by atoms with Gasteiger partial charge in [0.2, 0.25) is 6.79 Å².